The van der Waals surface area contributed by atoms with Crippen LogP contribution in [0.15, 0.2) is 47.3 Å². The Morgan fingerprint density at radius 2 is 1.97 bits per heavy atom. The lowest BCUT2D eigenvalue weighted by molar-refractivity contribution is -0.146. The summed E-state index contributed by atoms with van der Waals surface area (Å²) in [6.45, 7) is 1.61. The van der Waals surface area contributed by atoms with Crippen molar-refractivity contribution in [1.82, 2.24) is 15.3 Å². The minimum absolute atomic E-state index is 0.0181. The molecule has 4 rings (SSSR count). The minimum atomic E-state index is -2.87. The Hall–Kier alpha value is -3.89. The second-order valence-corrected chi connectivity index (χ2v) is 7.66. The van der Waals surface area contributed by atoms with Gasteiger partial charge in [-0.15, -0.1) is 0 Å². The highest BCUT2D eigenvalue weighted by atomic mass is 19.3. The summed E-state index contributed by atoms with van der Waals surface area (Å²) >= 11 is 0. The first-order chi connectivity index (χ1) is 15.7. The molecular weight excluding hydrogens is 441 g/mol. The highest BCUT2D eigenvalue weighted by molar-refractivity contribution is 6.18. The molecule has 1 amide bonds. The Morgan fingerprint density at radius 3 is 2.61 bits per heavy atom. The maximum Gasteiger partial charge on any atom is 0.342 e. The minimum Gasteiger partial charge on any atom is -0.458 e. The number of nitrogens with zero attached hydrogens (tertiary/aromatic N) is 2. The molecule has 0 bridgehead atoms. The number of ether oxygens (including phenoxy) is 1. The fourth-order valence-corrected chi connectivity index (χ4v) is 3.44. The van der Waals surface area contributed by atoms with E-state index in [0.29, 0.717) is 0 Å². The molecule has 172 valence electrons. The number of halogens is 3. The van der Waals surface area contributed by atoms with Gasteiger partial charge in [0.25, 0.3) is 11.8 Å². The summed E-state index contributed by atoms with van der Waals surface area (Å²) in [5.41, 5.74) is 5.38. The molecule has 33 heavy (non-hydrogen) atoms. The van der Waals surface area contributed by atoms with Crippen molar-refractivity contribution in [1.29, 1.82) is 0 Å². The van der Waals surface area contributed by atoms with E-state index in [0.717, 1.165) is 18.3 Å². The highest BCUT2D eigenvalue weighted by Gasteiger charge is 2.47. The molecule has 1 aliphatic rings. The Bertz CT molecular complexity index is 1240. The number of hydrogen-bond donors (Lipinski definition) is 2. The number of aromatic nitrogens is 2. The van der Waals surface area contributed by atoms with Gasteiger partial charge >= 0.3 is 5.97 Å². The average Bonchev–Trinajstić information content (AvgIpc) is 3.17. The molecule has 1 saturated carbocycles. The van der Waals surface area contributed by atoms with Gasteiger partial charge in [0.2, 0.25) is 0 Å². The number of esters is 1. The van der Waals surface area contributed by atoms with Crippen LogP contribution in [-0.2, 0) is 9.53 Å². The lowest BCUT2D eigenvalue weighted by atomic mass is 9.91. The van der Waals surface area contributed by atoms with Crippen LogP contribution >= 0.6 is 0 Å². The maximum absolute atomic E-state index is 14.1. The molecule has 1 aliphatic carbocycles. The highest BCUT2D eigenvalue weighted by Crippen LogP contribution is 2.40. The lowest BCUT2D eigenvalue weighted by Crippen LogP contribution is -2.42. The number of benzene rings is 1. The van der Waals surface area contributed by atoms with Crippen molar-refractivity contribution in [3.05, 3.63) is 65.8 Å². The fourth-order valence-electron chi connectivity index (χ4n) is 3.44. The SMILES string of the molecule is CC(NC(=O)/C(=C/N)c1ncccn1)c1cc2cc(F)cc(C(=O)OC3CC(F)(F)C3)c2o1. The first-order valence-electron chi connectivity index (χ1n) is 9.99. The zero-order valence-corrected chi connectivity index (χ0v) is 17.3. The van der Waals surface area contributed by atoms with Crippen LogP contribution in [0.3, 0.4) is 0 Å². The summed E-state index contributed by atoms with van der Waals surface area (Å²) in [5, 5.41) is 2.92. The average molecular weight is 460 g/mol. The number of rotatable bonds is 6. The van der Waals surface area contributed by atoms with Crippen molar-refractivity contribution in [2.75, 3.05) is 0 Å². The number of amides is 1. The molecule has 0 spiro atoms. The molecule has 11 heteroatoms. The number of nitrogens with two attached hydrogens (primary N) is 1. The molecule has 2 heterocycles. The molecular formula is C22H19F3N4O4. The van der Waals surface area contributed by atoms with Gasteiger partial charge in [0.15, 0.2) is 5.82 Å². The van der Waals surface area contributed by atoms with Gasteiger partial charge in [-0.3, -0.25) is 4.79 Å². The first-order valence-corrected chi connectivity index (χ1v) is 9.99. The van der Waals surface area contributed by atoms with Gasteiger partial charge in [0.1, 0.15) is 28.8 Å². The molecule has 8 nitrogen and oxygen atoms in total. The van der Waals surface area contributed by atoms with Crippen LogP contribution in [0.4, 0.5) is 13.2 Å². The Labute approximate surface area is 185 Å². The predicted octanol–water partition coefficient (Wildman–Crippen LogP) is 3.49. The summed E-state index contributed by atoms with van der Waals surface area (Å²) in [5.74, 6) is -4.79. The fraction of sp³-hybridized carbons (Fsp3) is 0.273. The zero-order chi connectivity index (χ0) is 23.8. The van der Waals surface area contributed by atoms with Gasteiger partial charge < -0.3 is 20.2 Å². The number of hydrogen-bond acceptors (Lipinski definition) is 7. The molecule has 1 atom stereocenters. The second kappa shape index (κ2) is 8.57. The van der Waals surface area contributed by atoms with E-state index >= 15 is 0 Å². The van der Waals surface area contributed by atoms with Gasteiger partial charge in [0.05, 0.1) is 11.6 Å². The van der Waals surface area contributed by atoms with E-state index in [1.165, 1.54) is 18.5 Å². The van der Waals surface area contributed by atoms with Crippen molar-refractivity contribution in [2.45, 2.75) is 37.8 Å². The molecule has 0 aliphatic heterocycles. The van der Waals surface area contributed by atoms with Crippen LogP contribution in [0.2, 0.25) is 0 Å². The smallest absolute Gasteiger partial charge is 0.342 e. The van der Waals surface area contributed by atoms with E-state index in [4.69, 9.17) is 14.9 Å². The third-order valence-corrected chi connectivity index (χ3v) is 5.14. The number of carbonyl (C=O) groups is 2. The quantitative estimate of drug-likeness (QED) is 0.427. The Kier molecular flexibility index (Phi) is 5.79. The maximum atomic E-state index is 14.1. The summed E-state index contributed by atoms with van der Waals surface area (Å²) in [7, 11) is 0. The lowest BCUT2D eigenvalue weighted by Gasteiger charge is -2.34. The molecule has 0 radical (unpaired) electrons. The number of fused-ring (bicyclic) bond motifs is 1. The van der Waals surface area contributed by atoms with Crippen LogP contribution in [-0.4, -0.2) is 33.9 Å². The molecule has 3 N–H and O–H groups in total. The first kappa shape index (κ1) is 22.3. The molecule has 2 aromatic heterocycles. The van der Waals surface area contributed by atoms with Crippen molar-refractivity contribution >= 4 is 28.4 Å². The predicted molar refractivity (Wildman–Crippen MR) is 110 cm³/mol. The molecule has 1 unspecified atom stereocenters. The standard InChI is InChI=1S/C22H19F3N4O4/c1-11(29-20(30)16(10-26)19-27-3-2-4-28-19)17-6-12-5-13(23)7-15(18(12)33-17)21(31)32-14-8-22(24,25)9-14/h2-7,10-11,14H,8-9,26H2,1H3,(H,29,30)/b16-10+. The van der Waals surface area contributed by atoms with Gasteiger partial charge in [-0.25, -0.2) is 27.9 Å². The van der Waals surface area contributed by atoms with E-state index in [2.05, 4.69) is 15.3 Å². The molecule has 1 aromatic carbocycles. The van der Waals surface area contributed by atoms with Crippen molar-refractivity contribution in [3.63, 3.8) is 0 Å². The van der Waals surface area contributed by atoms with E-state index < -0.39 is 48.6 Å². The van der Waals surface area contributed by atoms with Crippen molar-refractivity contribution in [3.8, 4) is 0 Å². The molecule has 0 saturated heterocycles. The monoisotopic (exact) mass is 460 g/mol. The summed E-state index contributed by atoms with van der Waals surface area (Å²) in [4.78, 5) is 33.1. The van der Waals surface area contributed by atoms with Gasteiger partial charge in [-0.1, -0.05) is 0 Å². The third-order valence-electron chi connectivity index (χ3n) is 5.14. The van der Waals surface area contributed by atoms with Crippen LogP contribution < -0.4 is 11.1 Å². The number of furan rings is 1. The Morgan fingerprint density at radius 1 is 1.27 bits per heavy atom. The summed E-state index contributed by atoms with van der Waals surface area (Å²) < 4.78 is 50.9. The number of alkyl halides is 2. The van der Waals surface area contributed by atoms with E-state index in [1.54, 1.807) is 13.0 Å². The molecule has 1 fully saturated rings. The van der Waals surface area contributed by atoms with Crippen molar-refractivity contribution < 1.29 is 31.9 Å². The molecule has 3 aromatic rings. The van der Waals surface area contributed by atoms with E-state index in [1.807, 2.05) is 0 Å². The van der Waals surface area contributed by atoms with E-state index in [-0.39, 0.29) is 33.7 Å². The zero-order valence-electron chi connectivity index (χ0n) is 17.3. The number of carbonyl (C=O) groups excluding carboxylic acids is 2. The number of nitrogens with one attached hydrogen (secondary N) is 1. The van der Waals surface area contributed by atoms with Gasteiger partial charge in [-0.2, -0.15) is 0 Å². The van der Waals surface area contributed by atoms with Crippen LogP contribution in [0.1, 0.15) is 47.7 Å². The van der Waals surface area contributed by atoms with Gasteiger partial charge in [0, 0.05) is 36.8 Å². The van der Waals surface area contributed by atoms with Gasteiger partial charge in [-0.05, 0) is 31.2 Å². The largest absolute Gasteiger partial charge is 0.458 e. The summed E-state index contributed by atoms with van der Waals surface area (Å²) in [6, 6.07) is 4.40. The second-order valence-electron chi connectivity index (χ2n) is 7.66. The normalized spacial score (nSPS) is 16.8. The third kappa shape index (κ3) is 4.66. The van der Waals surface area contributed by atoms with Crippen LogP contribution in [0, 0.1) is 5.82 Å². The van der Waals surface area contributed by atoms with Crippen LogP contribution in [0.5, 0.6) is 0 Å². The topological polar surface area (TPSA) is 120 Å². The van der Waals surface area contributed by atoms with E-state index in [9.17, 15) is 22.8 Å². The summed E-state index contributed by atoms with van der Waals surface area (Å²) in [6.07, 6.45) is 1.89. The Balaban J connectivity index is 1.54. The van der Waals surface area contributed by atoms with Crippen molar-refractivity contribution in [2.24, 2.45) is 5.73 Å². The van der Waals surface area contributed by atoms with Crippen LogP contribution in [0.25, 0.3) is 16.5 Å².